The molecule has 1 heterocycles. The highest BCUT2D eigenvalue weighted by Crippen LogP contribution is 2.18. The van der Waals surface area contributed by atoms with Crippen LogP contribution in [0, 0.1) is 0 Å². The summed E-state index contributed by atoms with van der Waals surface area (Å²) < 4.78 is 0. The molecule has 1 aromatic rings. The zero-order valence-corrected chi connectivity index (χ0v) is 13.9. The Balaban J connectivity index is 1.83. The molecule has 1 aliphatic heterocycles. The van der Waals surface area contributed by atoms with E-state index in [-0.39, 0.29) is 0 Å². The Labute approximate surface area is 130 Å². The van der Waals surface area contributed by atoms with Crippen molar-refractivity contribution in [2.75, 3.05) is 37.6 Å². The van der Waals surface area contributed by atoms with Gasteiger partial charge in [-0.2, -0.15) is 0 Å². The Kier molecular flexibility index (Phi) is 6.52. The van der Waals surface area contributed by atoms with Crippen LogP contribution in [0.5, 0.6) is 0 Å². The van der Waals surface area contributed by atoms with Gasteiger partial charge < -0.3 is 10.2 Å². The molecule has 1 aliphatic rings. The molecule has 1 saturated heterocycles. The summed E-state index contributed by atoms with van der Waals surface area (Å²) in [6, 6.07) is 9.81. The van der Waals surface area contributed by atoms with Crippen LogP contribution in [0.25, 0.3) is 0 Å². The van der Waals surface area contributed by atoms with Gasteiger partial charge in [-0.3, -0.25) is 4.90 Å². The molecule has 3 nitrogen and oxygen atoms in total. The molecule has 21 heavy (non-hydrogen) atoms. The van der Waals surface area contributed by atoms with Crippen LogP contribution >= 0.6 is 0 Å². The fraction of sp³-hybridized carbons (Fsp3) is 0.667. The summed E-state index contributed by atoms with van der Waals surface area (Å²) in [5, 5.41) is 3.45. The predicted octanol–water partition coefficient (Wildman–Crippen LogP) is 3.11. The van der Waals surface area contributed by atoms with Gasteiger partial charge in [0.05, 0.1) is 0 Å². The molecule has 0 aromatic heterocycles. The molecule has 1 aromatic carbocycles. The lowest BCUT2D eigenvalue weighted by Crippen LogP contribution is -2.49. The number of nitrogens with one attached hydrogen (secondary N) is 1. The Bertz CT molecular complexity index is 393. The molecule has 3 heteroatoms. The summed E-state index contributed by atoms with van der Waals surface area (Å²) in [5.41, 5.74) is 2.75. The second kappa shape index (κ2) is 8.40. The predicted molar refractivity (Wildman–Crippen MR) is 92.0 cm³/mol. The van der Waals surface area contributed by atoms with Crippen LogP contribution in [-0.2, 0) is 6.54 Å². The van der Waals surface area contributed by atoms with Gasteiger partial charge in [0, 0.05) is 44.5 Å². The number of anilines is 1. The molecule has 1 fully saturated rings. The Hall–Kier alpha value is -1.06. The molecule has 0 saturated carbocycles. The molecule has 118 valence electrons. The van der Waals surface area contributed by atoms with Gasteiger partial charge in [-0.05, 0) is 44.0 Å². The fourth-order valence-corrected chi connectivity index (χ4v) is 2.91. The fourth-order valence-electron chi connectivity index (χ4n) is 2.91. The van der Waals surface area contributed by atoms with Crippen LogP contribution in [0.15, 0.2) is 24.3 Å². The van der Waals surface area contributed by atoms with Gasteiger partial charge in [0.2, 0.25) is 0 Å². The van der Waals surface area contributed by atoms with Crippen LogP contribution in [0.4, 0.5) is 5.69 Å². The number of nitrogens with zero attached hydrogens (tertiary/aromatic N) is 2. The van der Waals surface area contributed by atoms with Crippen LogP contribution in [0.1, 0.15) is 39.2 Å². The Morgan fingerprint density at radius 3 is 2.29 bits per heavy atom. The van der Waals surface area contributed by atoms with E-state index in [4.69, 9.17) is 0 Å². The summed E-state index contributed by atoms with van der Waals surface area (Å²) >= 11 is 0. The highest BCUT2D eigenvalue weighted by molar-refractivity contribution is 5.48. The minimum atomic E-state index is 0.721. The molecular weight excluding hydrogens is 258 g/mol. The largest absolute Gasteiger partial charge is 0.369 e. The zero-order chi connectivity index (χ0) is 15.1. The summed E-state index contributed by atoms with van der Waals surface area (Å²) in [6.45, 7) is 13.6. The van der Waals surface area contributed by atoms with Gasteiger partial charge >= 0.3 is 0 Å². The van der Waals surface area contributed by atoms with Crippen LogP contribution in [0.2, 0.25) is 0 Å². The lowest BCUT2D eigenvalue weighted by Gasteiger charge is -2.39. The average molecular weight is 289 g/mol. The smallest absolute Gasteiger partial charge is 0.0367 e. The second-order valence-corrected chi connectivity index (χ2v) is 6.12. The normalized spacial score (nSPS) is 18.0. The van der Waals surface area contributed by atoms with Crippen molar-refractivity contribution < 1.29 is 0 Å². The quantitative estimate of drug-likeness (QED) is 0.778. The molecule has 1 unspecified atom stereocenters. The molecule has 0 spiro atoms. The van der Waals surface area contributed by atoms with Crippen molar-refractivity contribution in [3.8, 4) is 0 Å². The van der Waals surface area contributed by atoms with Crippen LogP contribution in [-0.4, -0.2) is 43.7 Å². The van der Waals surface area contributed by atoms with Gasteiger partial charge in [0.1, 0.15) is 0 Å². The number of hydrogen-bond donors (Lipinski definition) is 1. The van der Waals surface area contributed by atoms with E-state index >= 15 is 0 Å². The van der Waals surface area contributed by atoms with Crippen molar-refractivity contribution in [3.63, 3.8) is 0 Å². The van der Waals surface area contributed by atoms with Crippen LogP contribution < -0.4 is 10.2 Å². The summed E-state index contributed by atoms with van der Waals surface area (Å²) in [6.07, 6.45) is 2.44. The van der Waals surface area contributed by atoms with E-state index < -0.39 is 0 Å². The molecule has 0 radical (unpaired) electrons. The Morgan fingerprint density at radius 2 is 1.71 bits per heavy atom. The highest BCUT2D eigenvalue weighted by Gasteiger charge is 2.20. The first-order valence-electron chi connectivity index (χ1n) is 8.53. The van der Waals surface area contributed by atoms with Crippen molar-refractivity contribution in [1.82, 2.24) is 10.2 Å². The van der Waals surface area contributed by atoms with Gasteiger partial charge in [-0.25, -0.2) is 0 Å². The zero-order valence-electron chi connectivity index (χ0n) is 13.9. The molecule has 0 amide bonds. The summed E-state index contributed by atoms with van der Waals surface area (Å²) in [4.78, 5) is 5.13. The third-order valence-electron chi connectivity index (χ3n) is 4.59. The van der Waals surface area contributed by atoms with Crippen molar-refractivity contribution >= 4 is 5.69 Å². The van der Waals surface area contributed by atoms with E-state index in [1.807, 2.05) is 0 Å². The monoisotopic (exact) mass is 289 g/mol. The van der Waals surface area contributed by atoms with Crippen molar-refractivity contribution in [2.45, 2.75) is 46.2 Å². The lowest BCUT2D eigenvalue weighted by atomic mass is 10.1. The third kappa shape index (κ3) is 4.72. The first-order chi connectivity index (χ1) is 10.2. The van der Waals surface area contributed by atoms with Crippen LogP contribution in [0.3, 0.4) is 0 Å². The molecule has 1 N–H and O–H groups in total. The minimum Gasteiger partial charge on any atom is -0.369 e. The first kappa shape index (κ1) is 16.3. The maximum Gasteiger partial charge on any atom is 0.0367 e. The maximum absolute atomic E-state index is 3.45. The van der Waals surface area contributed by atoms with E-state index in [1.54, 1.807) is 0 Å². The minimum absolute atomic E-state index is 0.721. The Morgan fingerprint density at radius 1 is 1.05 bits per heavy atom. The van der Waals surface area contributed by atoms with Gasteiger partial charge in [0.15, 0.2) is 0 Å². The molecule has 0 bridgehead atoms. The number of rotatable bonds is 7. The number of piperazine rings is 1. The molecule has 1 atom stereocenters. The first-order valence-corrected chi connectivity index (χ1v) is 8.53. The van der Waals surface area contributed by atoms with E-state index in [0.717, 1.165) is 32.2 Å². The molecular formula is C18H31N3. The van der Waals surface area contributed by atoms with Crippen molar-refractivity contribution in [2.24, 2.45) is 0 Å². The topological polar surface area (TPSA) is 18.5 Å². The lowest BCUT2D eigenvalue weighted by molar-refractivity contribution is 0.193. The van der Waals surface area contributed by atoms with E-state index in [2.05, 4.69) is 60.2 Å². The van der Waals surface area contributed by atoms with E-state index in [0.29, 0.717) is 0 Å². The number of hydrogen-bond acceptors (Lipinski definition) is 3. The third-order valence-corrected chi connectivity index (χ3v) is 4.59. The summed E-state index contributed by atoms with van der Waals surface area (Å²) in [7, 11) is 0. The SMILES string of the molecule is CCCNCc1ccc(N2CCN(C(C)CC)CC2)cc1. The van der Waals surface area contributed by atoms with Gasteiger partial charge in [0.25, 0.3) is 0 Å². The van der Waals surface area contributed by atoms with Crippen molar-refractivity contribution in [3.05, 3.63) is 29.8 Å². The van der Waals surface area contributed by atoms with E-state index in [9.17, 15) is 0 Å². The maximum atomic E-state index is 3.45. The van der Waals surface area contributed by atoms with Gasteiger partial charge in [-0.1, -0.05) is 26.0 Å². The molecule has 2 rings (SSSR count). The highest BCUT2D eigenvalue weighted by atomic mass is 15.3. The average Bonchev–Trinajstić information content (AvgIpc) is 2.55. The summed E-state index contributed by atoms with van der Waals surface area (Å²) in [5.74, 6) is 0. The number of benzene rings is 1. The molecule has 0 aliphatic carbocycles. The van der Waals surface area contributed by atoms with E-state index in [1.165, 1.54) is 37.2 Å². The standard InChI is InChI=1S/C18H31N3/c1-4-10-19-15-17-6-8-18(9-7-17)21-13-11-20(12-14-21)16(3)5-2/h6-9,16,19H,4-5,10-15H2,1-3H3. The second-order valence-electron chi connectivity index (χ2n) is 6.12. The van der Waals surface area contributed by atoms with Gasteiger partial charge in [-0.15, -0.1) is 0 Å². The van der Waals surface area contributed by atoms with Crippen molar-refractivity contribution in [1.29, 1.82) is 0 Å².